The van der Waals surface area contributed by atoms with E-state index in [9.17, 15) is 14.4 Å². The van der Waals surface area contributed by atoms with Crippen LogP contribution in [-0.2, 0) is 33.3 Å². The molecule has 3 fully saturated rings. The van der Waals surface area contributed by atoms with E-state index in [-0.39, 0.29) is 29.3 Å². The van der Waals surface area contributed by atoms with E-state index in [0.29, 0.717) is 5.92 Å². The molecule has 7 nitrogen and oxygen atoms in total. The Morgan fingerprint density at radius 3 is 2.41 bits per heavy atom. The second-order valence-corrected chi connectivity index (χ2v) is 10.7. The van der Waals surface area contributed by atoms with E-state index in [1.165, 1.54) is 26.5 Å². The van der Waals surface area contributed by atoms with Crippen molar-refractivity contribution < 1.29 is 33.3 Å². The average molecular weight is 451 g/mol. The van der Waals surface area contributed by atoms with E-state index in [1.807, 2.05) is 0 Å². The standard InChI is InChI=1S/C25H38O7/c1-14-9-8-11-24(4,5)18-10-12-25(6,19(14)18)20-17(13-30-23(20)32-16(3)27)21(22(28)29-7)31-15(2)26/h17-21,23H,1,8-13H2,2-7H3/t17-,18+,19+,20-,21-,23+,25+/m0/s1. The van der Waals surface area contributed by atoms with Gasteiger partial charge in [-0.2, -0.15) is 0 Å². The molecule has 7 atom stereocenters. The van der Waals surface area contributed by atoms with Crippen molar-refractivity contribution in [1.29, 1.82) is 0 Å². The van der Waals surface area contributed by atoms with Crippen molar-refractivity contribution in [3.63, 3.8) is 0 Å². The quantitative estimate of drug-likeness (QED) is 0.355. The number of hydrogen-bond donors (Lipinski definition) is 0. The molecule has 180 valence electrons. The van der Waals surface area contributed by atoms with E-state index < -0.39 is 36.2 Å². The maximum Gasteiger partial charge on any atom is 0.347 e. The van der Waals surface area contributed by atoms with E-state index in [1.54, 1.807) is 0 Å². The molecular formula is C25H38O7. The zero-order valence-corrected chi connectivity index (χ0v) is 20.3. The second kappa shape index (κ2) is 9.16. The molecule has 7 heteroatoms. The predicted molar refractivity (Wildman–Crippen MR) is 117 cm³/mol. The molecule has 0 spiro atoms. The number of methoxy groups -OCH3 is 1. The van der Waals surface area contributed by atoms with E-state index in [4.69, 9.17) is 18.9 Å². The summed E-state index contributed by atoms with van der Waals surface area (Å²) in [5.41, 5.74) is 1.04. The largest absolute Gasteiger partial charge is 0.466 e. The van der Waals surface area contributed by atoms with Crippen LogP contribution in [0.2, 0.25) is 0 Å². The summed E-state index contributed by atoms with van der Waals surface area (Å²) in [6, 6.07) is 0. The summed E-state index contributed by atoms with van der Waals surface area (Å²) in [7, 11) is 1.27. The lowest BCUT2D eigenvalue weighted by atomic mass is 9.59. The number of allylic oxidation sites excluding steroid dienone is 1. The van der Waals surface area contributed by atoms with Gasteiger partial charge in [-0.3, -0.25) is 9.59 Å². The predicted octanol–water partition coefficient (Wildman–Crippen LogP) is 4.04. The molecule has 0 aromatic rings. The highest BCUT2D eigenvalue weighted by atomic mass is 16.7. The Hall–Kier alpha value is -1.89. The third kappa shape index (κ3) is 4.45. The topological polar surface area (TPSA) is 88.1 Å². The molecule has 1 heterocycles. The van der Waals surface area contributed by atoms with E-state index in [0.717, 1.165) is 32.1 Å². The van der Waals surface area contributed by atoms with Crippen molar-refractivity contribution in [2.45, 2.75) is 79.1 Å². The van der Waals surface area contributed by atoms with Crippen LogP contribution in [0.4, 0.5) is 0 Å². The molecule has 0 aromatic heterocycles. The monoisotopic (exact) mass is 450 g/mol. The third-order valence-electron chi connectivity index (χ3n) is 8.24. The van der Waals surface area contributed by atoms with Crippen LogP contribution in [0.3, 0.4) is 0 Å². The van der Waals surface area contributed by atoms with Crippen molar-refractivity contribution >= 4 is 17.9 Å². The third-order valence-corrected chi connectivity index (χ3v) is 8.24. The highest BCUT2D eigenvalue weighted by molar-refractivity contribution is 5.79. The molecule has 2 saturated carbocycles. The highest BCUT2D eigenvalue weighted by Gasteiger charge is 2.62. The molecular weight excluding hydrogens is 412 g/mol. The Kier molecular flexibility index (Phi) is 7.08. The van der Waals surface area contributed by atoms with Gasteiger partial charge in [-0.25, -0.2) is 4.79 Å². The van der Waals surface area contributed by atoms with Crippen LogP contribution >= 0.6 is 0 Å². The van der Waals surface area contributed by atoms with Gasteiger partial charge in [0, 0.05) is 25.7 Å². The number of rotatable bonds is 5. The van der Waals surface area contributed by atoms with Crippen LogP contribution in [0.25, 0.3) is 0 Å². The number of esters is 3. The van der Waals surface area contributed by atoms with E-state index in [2.05, 4.69) is 27.4 Å². The molecule has 3 rings (SSSR count). The van der Waals surface area contributed by atoms with Crippen molar-refractivity contribution in [3.8, 4) is 0 Å². The molecule has 1 aliphatic heterocycles. The Bertz CT molecular complexity index is 772. The SMILES string of the molecule is C=C1CCCC(C)(C)[C@@H]2CC[C@@](C)([C@@H]3[C@@H](OC(C)=O)OC[C@@H]3[C@H](OC(C)=O)C(=O)OC)[C@H]12. The minimum Gasteiger partial charge on any atom is -0.466 e. The first-order chi connectivity index (χ1) is 14.9. The smallest absolute Gasteiger partial charge is 0.347 e. The van der Waals surface area contributed by atoms with Crippen molar-refractivity contribution in [3.05, 3.63) is 12.2 Å². The van der Waals surface area contributed by atoms with Crippen LogP contribution in [0.5, 0.6) is 0 Å². The van der Waals surface area contributed by atoms with Gasteiger partial charge in [0.25, 0.3) is 0 Å². The normalized spacial score (nSPS) is 37.2. The summed E-state index contributed by atoms with van der Waals surface area (Å²) in [6.45, 7) is 14.1. The van der Waals surface area contributed by atoms with E-state index >= 15 is 0 Å². The van der Waals surface area contributed by atoms with Gasteiger partial charge in [-0.1, -0.05) is 32.9 Å². The minimum absolute atomic E-state index is 0.137. The van der Waals surface area contributed by atoms with Crippen LogP contribution in [0.15, 0.2) is 12.2 Å². The number of carbonyl (C=O) groups is 3. The van der Waals surface area contributed by atoms with Gasteiger partial charge >= 0.3 is 17.9 Å². The number of ether oxygens (including phenoxy) is 4. The Morgan fingerprint density at radius 2 is 1.81 bits per heavy atom. The minimum atomic E-state index is -1.12. The van der Waals surface area contributed by atoms with Gasteiger partial charge in [0.05, 0.1) is 13.7 Å². The Balaban J connectivity index is 2.07. The fraction of sp³-hybridized carbons (Fsp3) is 0.800. The van der Waals surface area contributed by atoms with Crippen LogP contribution in [-0.4, -0.2) is 44.0 Å². The summed E-state index contributed by atoms with van der Waals surface area (Å²) in [5.74, 6) is -1.82. The molecule has 0 radical (unpaired) electrons. The lowest BCUT2D eigenvalue weighted by Gasteiger charge is -2.46. The summed E-state index contributed by atoms with van der Waals surface area (Å²) in [4.78, 5) is 36.4. The molecule has 2 aliphatic carbocycles. The first-order valence-electron chi connectivity index (χ1n) is 11.6. The van der Waals surface area contributed by atoms with Gasteiger partial charge in [0.2, 0.25) is 12.4 Å². The van der Waals surface area contributed by atoms with Crippen LogP contribution in [0.1, 0.15) is 66.7 Å². The fourth-order valence-electron chi connectivity index (χ4n) is 6.89. The van der Waals surface area contributed by atoms with Gasteiger partial charge < -0.3 is 18.9 Å². The Morgan fingerprint density at radius 1 is 1.12 bits per heavy atom. The first-order valence-corrected chi connectivity index (χ1v) is 11.6. The van der Waals surface area contributed by atoms with Gasteiger partial charge in [-0.05, 0) is 54.8 Å². The molecule has 32 heavy (non-hydrogen) atoms. The maximum atomic E-state index is 12.7. The summed E-state index contributed by atoms with van der Waals surface area (Å²) in [5, 5.41) is 0. The molecule has 0 unspecified atom stereocenters. The van der Waals surface area contributed by atoms with Gasteiger partial charge in [-0.15, -0.1) is 0 Å². The number of carbonyl (C=O) groups excluding carboxylic acids is 3. The van der Waals surface area contributed by atoms with Gasteiger partial charge in [0.1, 0.15) is 0 Å². The average Bonchev–Trinajstić information content (AvgIpc) is 3.23. The first kappa shape index (κ1) is 24.7. The van der Waals surface area contributed by atoms with Crippen LogP contribution < -0.4 is 0 Å². The fourth-order valence-corrected chi connectivity index (χ4v) is 6.89. The van der Waals surface area contributed by atoms with Crippen molar-refractivity contribution in [2.75, 3.05) is 13.7 Å². The summed E-state index contributed by atoms with van der Waals surface area (Å²) in [6.07, 6.45) is 3.18. The molecule has 3 aliphatic rings. The zero-order valence-electron chi connectivity index (χ0n) is 20.3. The Labute approximate surface area is 191 Å². The number of hydrogen-bond acceptors (Lipinski definition) is 7. The maximum absolute atomic E-state index is 12.7. The van der Waals surface area contributed by atoms with Crippen molar-refractivity contribution in [2.24, 2.45) is 34.5 Å². The van der Waals surface area contributed by atoms with Crippen molar-refractivity contribution in [1.82, 2.24) is 0 Å². The molecule has 0 bridgehead atoms. The molecule has 0 N–H and O–H groups in total. The second-order valence-electron chi connectivity index (χ2n) is 10.7. The molecule has 1 saturated heterocycles. The van der Waals surface area contributed by atoms with Gasteiger partial charge in [0.15, 0.2) is 0 Å². The molecule has 0 amide bonds. The highest BCUT2D eigenvalue weighted by Crippen LogP contribution is 2.64. The lowest BCUT2D eigenvalue weighted by Crippen LogP contribution is -2.49. The lowest BCUT2D eigenvalue weighted by molar-refractivity contribution is -0.184. The summed E-state index contributed by atoms with van der Waals surface area (Å²) < 4.78 is 22.0. The summed E-state index contributed by atoms with van der Waals surface area (Å²) >= 11 is 0. The number of fused-ring (bicyclic) bond motifs is 1. The zero-order chi connectivity index (χ0) is 23.8. The molecule has 0 aromatic carbocycles. The van der Waals surface area contributed by atoms with Crippen LogP contribution in [0, 0.1) is 34.5 Å².